The monoisotopic (exact) mass is 800 g/mol. The fourth-order valence-electron chi connectivity index (χ4n) is 9.66. The summed E-state index contributed by atoms with van der Waals surface area (Å²) in [4.78, 5) is 0. The molecule has 0 amide bonds. The first-order valence-electron chi connectivity index (χ1n) is 20.5. The molecule has 58 heavy (non-hydrogen) atoms. The van der Waals surface area contributed by atoms with Gasteiger partial charge in [-0.2, -0.15) is 0 Å². The highest BCUT2D eigenvalue weighted by Crippen LogP contribution is 2.41. The Morgan fingerprint density at radius 2 is 0.569 bits per heavy atom. The van der Waals surface area contributed by atoms with E-state index in [0.29, 0.717) is 0 Å². The summed E-state index contributed by atoms with van der Waals surface area (Å²) in [6, 6.07) is 86.9. The van der Waals surface area contributed by atoms with Crippen molar-refractivity contribution in [3.8, 4) is 0 Å². The van der Waals surface area contributed by atoms with Crippen LogP contribution < -0.4 is 10.4 Å². The van der Waals surface area contributed by atoms with Crippen molar-refractivity contribution in [3.63, 3.8) is 0 Å². The third kappa shape index (κ3) is 8.07. The molecule has 1 atom stereocenters. The van der Waals surface area contributed by atoms with Gasteiger partial charge < -0.3 is 4.55 Å². The highest BCUT2D eigenvalue weighted by atomic mass is 32.2. The van der Waals surface area contributed by atoms with Gasteiger partial charge in [0.05, 0.1) is 16.1 Å². The van der Waals surface area contributed by atoms with Crippen molar-refractivity contribution >= 4 is 57.4 Å². The van der Waals surface area contributed by atoms with E-state index in [9.17, 15) is 4.55 Å². The third-order valence-corrected chi connectivity index (χ3v) is 23.5. The molecule has 9 rings (SSSR count). The van der Waals surface area contributed by atoms with E-state index < -0.39 is 26.9 Å². The number of fused-ring (bicyclic) bond motifs is 3. The second-order valence-corrected chi connectivity index (χ2v) is 25.9. The van der Waals surface area contributed by atoms with Crippen LogP contribution in [0.1, 0.15) is 33.4 Å². The highest BCUT2D eigenvalue weighted by Gasteiger charge is 2.45. The van der Waals surface area contributed by atoms with Crippen molar-refractivity contribution in [1.82, 2.24) is 0 Å². The Balaban J connectivity index is 1.43. The minimum atomic E-state index is -2.68. The molecule has 0 aliphatic rings. The summed E-state index contributed by atoms with van der Waals surface area (Å²) < 4.78 is 16.7. The van der Waals surface area contributed by atoms with E-state index in [1.807, 2.05) is 6.07 Å². The maximum absolute atomic E-state index is 14.8. The van der Waals surface area contributed by atoms with Crippen molar-refractivity contribution in [2.24, 2.45) is 0 Å². The first kappa shape index (κ1) is 37.9. The SMILES string of the molecule is [O-][s+]1c2ccccc2c2cc([Si](Cc3ccccc3)(Cc3ccccc3)Cc3ccccc3)c([Si](Cc3ccccc3)(Cc3ccccc3)Cc3ccccc3)cc21. The number of rotatable bonds is 14. The zero-order chi connectivity index (χ0) is 39.2. The van der Waals surface area contributed by atoms with E-state index in [0.717, 1.165) is 56.4 Å². The average molecular weight is 801 g/mol. The molecule has 0 saturated heterocycles. The van der Waals surface area contributed by atoms with Crippen LogP contribution in [0.25, 0.3) is 20.2 Å². The Hall–Kier alpha value is -5.63. The summed E-state index contributed by atoms with van der Waals surface area (Å²) in [6.45, 7) is 0. The number of hydrogen-bond acceptors (Lipinski definition) is 1. The molecule has 8 aromatic carbocycles. The highest BCUT2D eigenvalue weighted by molar-refractivity contribution is 7.37. The molecule has 0 fully saturated rings. The van der Waals surface area contributed by atoms with Gasteiger partial charge in [-0.1, -0.05) is 238 Å². The van der Waals surface area contributed by atoms with Gasteiger partial charge in [-0.25, -0.2) is 0 Å². The van der Waals surface area contributed by atoms with E-state index in [2.05, 4.69) is 212 Å². The van der Waals surface area contributed by atoms with Crippen molar-refractivity contribution in [1.29, 1.82) is 0 Å². The Labute approximate surface area is 348 Å². The number of thiophene rings is 1. The summed E-state index contributed by atoms with van der Waals surface area (Å²) in [7, 11) is -6.59. The van der Waals surface area contributed by atoms with Crippen molar-refractivity contribution < 1.29 is 4.55 Å². The molecule has 1 heterocycles. The molecular weight excluding hydrogens is 753 g/mol. The largest absolute Gasteiger partial charge is 0.590 e. The summed E-state index contributed by atoms with van der Waals surface area (Å²) in [5.74, 6) is 0. The van der Waals surface area contributed by atoms with Crippen LogP contribution in [0.5, 0.6) is 0 Å². The summed E-state index contributed by atoms with van der Waals surface area (Å²) in [5.41, 5.74) is 8.28. The third-order valence-electron chi connectivity index (χ3n) is 12.2. The molecule has 0 aliphatic carbocycles. The second kappa shape index (κ2) is 17.1. The fraction of sp³-hybridized carbons (Fsp3) is 0.111. The van der Waals surface area contributed by atoms with E-state index in [-0.39, 0.29) is 0 Å². The van der Waals surface area contributed by atoms with Crippen molar-refractivity contribution in [2.75, 3.05) is 0 Å². The molecule has 0 saturated carbocycles. The fourth-order valence-corrected chi connectivity index (χ4v) is 22.9. The number of benzene rings is 8. The van der Waals surface area contributed by atoms with Crippen LogP contribution in [0.2, 0.25) is 0 Å². The normalized spacial score (nSPS) is 12.3. The smallest absolute Gasteiger partial charge is 0.180 e. The summed E-state index contributed by atoms with van der Waals surface area (Å²) >= 11 is 0. The summed E-state index contributed by atoms with van der Waals surface area (Å²) in [5, 5.41) is 5.32. The lowest BCUT2D eigenvalue weighted by atomic mass is 10.1. The topological polar surface area (TPSA) is 23.1 Å². The zero-order valence-corrected chi connectivity index (χ0v) is 35.7. The molecule has 1 unspecified atom stereocenters. The maximum atomic E-state index is 14.8. The second-order valence-electron chi connectivity index (χ2n) is 16.2. The Morgan fingerprint density at radius 1 is 0.293 bits per heavy atom. The van der Waals surface area contributed by atoms with Gasteiger partial charge in [0.2, 0.25) is 0 Å². The van der Waals surface area contributed by atoms with Crippen LogP contribution >= 0.6 is 10.8 Å². The molecular formula is C54H48OSSi2. The first-order chi connectivity index (χ1) is 28.6. The Kier molecular flexibility index (Phi) is 11.2. The van der Waals surface area contributed by atoms with Crippen LogP contribution in [0.3, 0.4) is 0 Å². The standard InChI is InChI=1S/C54H48OSSi2/c55-56-51-34-20-19-33-49(51)50-35-53(57(37-43-21-7-1-8-22-43,38-44-23-9-2-10-24-44)39-45-25-11-3-12-26-45)54(36-52(50)56)58(40-46-27-13-4-14-28-46,41-47-29-15-5-16-30-47)42-48-31-17-6-18-32-48/h1-36H,37-42H2. The number of hydrogen-bond donors (Lipinski definition) is 0. The first-order valence-corrected chi connectivity index (χ1v) is 26.9. The van der Waals surface area contributed by atoms with Crippen LogP contribution in [0, 0.1) is 0 Å². The van der Waals surface area contributed by atoms with Crippen LogP contribution in [0.4, 0.5) is 0 Å². The van der Waals surface area contributed by atoms with Crippen LogP contribution in [-0.2, 0) is 36.3 Å². The van der Waals surface area contributed by atoms with Gasteiger partial charge in [0.15, 0.2) is 9.40 Å². The van der Waals surface area contributed by atoms with Gasteiger partial charge in [-0.05, 0) is 71.3 Å². The molecule has 0 aliphatic heterocycles. The van der Waals surface area contributed by atoms with Gasteiger partial charge in [0.1, 0.15) is 0 Å². The molecule has 0 spiro atoms. The van der Waals surface area contributed by atoms with Crippen molar-refractivity contribution in [2.45, 2.75) is 36.3 Å². The van der Waals surface area contributed by atoms with E-state index in [1.54, 1.807) is 5.19 Å². The minimum absolute atomic E-state index is 0.934. The summed E-state index contributed by atoms with van der Waals surface area (Å²) in [6.07, 6.45) is 0. The van der Waals surface area contributed by atoms with Gasteiger partial charge in [0.25, 0.3) is 0 Å². The molecule has 284 valence electrons. The lowest BCUT2D eigenvalue weighted by Crippen LogP contribution is -2.69. The van der Waals surface area contributed by atoms with E-state index in [4.69, 9.17) is 0 Å². The van der Waals surface area contributed by atoms with Crippen molar-refractivity contribution in [3.05, 3.63) is 252 Å². The molecule has 0 radical (unpaired) electrons. The predicted octanol–water partition coefficient (Wildman–Crippen LogP) is 11.7. The molecule has 0 bridgehead atoms. The maximum Gasteiger partial charge on any atom is 0.180 e. The molecule has 1 aromatic heterocycles. The van der Waals surface area contributed by atoms with Crippen LogP contribution in [-0.4, -0.2) is 20.7 Å². The van der Waals surface area contributed by atoms with Gasteiger partial charge >= 0.3 is 0 Å². The Bertz CT molecular complexity index is 2520. The molecule has 1 nitrogen and oxygen atoms in total. The van der Waals surface area contributed by atoms with Gasteiger partial charge in [-0.15, -0.1) is 0 Å². The molecule has 0 N–H and O–H groups in total. The molecule has 9 aromatic rings. The minimum Gasteiger partial charge on any atom is -0.590 e. The van der Waals surface area contributed by atoms with Gasteiger partial charge in [0, 0.05) is 10.8 Å². The Morgan fingerprint density at radius 3 is 0.897 bits per heavy atom. The average Bonchev–Trinajstić information content (AvgIpc) is 3.55. The van der Waals surface area contributed by atoms with E-state index >= 15 is 0 Å². The predicted molar refractivity (Wildman–Crippen MR) is 252 cm³/mol. The lowest BCUT2D eigenvalue weighted by molar-refractivity contribution is 0.602. The van der Waals surface area contributed by atoms with Crippen LogP contribution in [0.15, 0.2) is 218 Å². The lowest BCUT2D eigenvalue weighted by Gasteiger charge is -2.41. The van der Waals surface area contributed by atoms with Gasteiger partial charge in [-0.3, -0.25) is 0 Å². The molecule has 4 heteroatoms. The zero-order valence-electron chi connectivity index (χ0n) is 32.8. The van der Waals surface area contributed by atoms with E-state index in [1.165, 1.54) is 38.6 Å². The quantitative estimate of drug-likeness (QED) is 0.0793.